The molecule has 5 atom stereocenters. The minimum atomic E-state index is -1.56. The third-order valence-electron chi connectivity index (χ3n) is 5.76. The van der Waals surface area contributed by atoms with Crippen LogP contribution in [0.3, 0.4) is 0 Å². The van der Waals surface area contributed by atoms with Crippen molar-refractivity contribution in [2.24, 2.45) is 0 Å². The van der Waals surface area contributed by atoms with E-state index in [9.17, 15) is 34.8 Å². The number of phenols is 1. The molecule has 1 aliphatic rings. The Hall–Kier alpha value is -3.97. The highest BCUT2D eigenvalue weighted by Crippen LogP contribution is 2.27. The summed E-state index contributed by atoms with van der Waals surface area (Å²) in [6, 6.07) is 10.3. The summed E-state index contributed by atoms with van der Waals surface area (Å²) in [5.74, 6) is -2.29. The highest BCUT2D eigenvalue weighted by molar-refractivity contribution is 5.90. The Morgan fingerprint density at radius 1 is 1.03 bits per heavy atom. The number of hydrogen-bond acceptors (Lipinski definition) is 11. The second-order valence-electron chi connectivity index (χ2n) is 8.46. The van der Waals surface area contributed by atoms with Crippen LogP contribution in [0, 0.1) is 0 Å². The van der Waals surface area contributed by atoms with Gasteiger partial charge in [-0.2, -0.15) is 0 Å². The second kappa shape index (κ2) is 11.0. The number of aromatic hydroxyl groups is 1. The molecule has 3 unspecified atom stereocenters. The average molecular weight is 516 g/mol. The summed E-state index contributed by atoms with van der Waals surface area (Å²) >= 11 is 0. The molecule has 4 rings (SSSR count). The fourth-order valence-electron chi connectivity index (χ4n) is 3.84. The summed E-state index contributed by atoms with van der Waals surface area (Å²) in [6.45, 7) is -0.594. The van der Waals surface area contributed by atoms with Crippen LogP contribution in [0.1, 0.15) is 12.8 Å². The van der Waals surface area contributed by atoms with E-state index in [1.807, 2.05) is 0 Å². The van der Waals surface area contributed by atoms with Gasteiger partial charge in [-0.1, -0.05) is 12.1 Å². The molecule has 2 aromatic carbocycles. The minimum Gasteiger partial charge on any atom is -0.508 e. The van der Waals surface area contributed by atoms with Gasteiger partial charge in [-0.3, -0.25) is 14.4 Å². The van der Waals surface area contributed by atoms with Gasteiger partial charge in [-0.05, 0) is 29.8 Å². The molecule has 1 aliphatic heterocycles. The number of rotatable bonds is 7. The van der Waals surface area contributed by atoms with Gasteiger partial charge in [0.25, 0.3) is 0 Å². The largest absolute Gasteiger partial charge is 0.508 e. The number of ether oxygens (including phenoxy) is 3. The number of carbonyl (C=O) groups excluding carboxylic acids is 1. The van der Waals surface area contributed by atoms with Gasteiger partial charge in [0.1, 0.15) is 54.7 Å². The predicted octanol–water partition coefficient (Wildman–Crippen LogP) is 0.760. The van der Waals surface area contributed by atoms with Crippen molar-refractivity contribution in [2.45, 2.75) is 43.5 Å². The van der Waals surface area contributed by atoms with Crippen molar-refractivity contribution in [3.05, 3.63) is 59.0 Å². The molecule has 5 N–H and O–H groups in total. The molecule has 0 saturated carbocycles. The summed E-state index contributed by atoms with van der Waals surface area (Å²) < 4.78 is 21.7. The van der Waals surface area contributed by atoms with E-state index >= 15 is 0 Å². The quantitative estimate of drug-likeness (QED) is 0.219. The van der Waals surface area contributed by atoms with Crippen LogP contribution >= 0.6 is 0 Å². The number of aliphatic carboxylic acids is 1. The van der Waals surface area contributed by atoms with E-state index in [-0.39, 0.29) is 39.9 Å². The lowest BCUT2D eigenvalue weighted by Gasteiger charge is -2.26. The lowest BCUT2D eigenvalue weighted by Crippen LogP contribution is -2.42. The molecule has 1 saturated heterocycles. The van der Waals surface area contributed by atoms with Crippen LogP contribution in [-0.2, 0) is 19.1 Å². The van der Waals surface area contributed by atoms with Crippen LogP contribution in [0.4, 0.5) is 0 Å². The summed E-state index contributed by atoms with van der Waals surface area (Å²) in [4.78, 5) is 35.2. The molecule has 1 aromatic heterocycles. The van der Waals surface area contributed by atoms with E-state index in [0.29, 0.717) is 5.56 Å². The van der Waals surface area contributed by atoms with Crippen molar-refractivity contribution in [3.63, 3.8) is 0 Å². The van der Waals surface area contributed by atoms with Gasteiger partial charge in [0.2, 0.25) is 6.29 Å². The number of carboxylic acids is 1. The molecule has 0 bridgehead atoms. The molecule has 3 aromatic rings. The molecule has 37 heavy (non-hydrogen) atoms. The van der Waals surface area contributed by atoms with Crippen molar-refractivity contribution >= 4 is 22.9 Å². The monoisotopic (exact) mass is 516 g/mol. The van der Waals surface area contributed by atoms with E-state index in [0.717, 1.165) is 0 Å². The highest BCUT2D eigenvalue weighted by Gasteiger charge is 2.40. The van der Waals surface area contributed by atoms with Crippen LogP contribution < -0.4 is 10.2 Å². The fourth-order valence-corrected chi connectivity index (χ4v) is 3.84. The second-order valence-corrected chi connectivity index (χ2v) is 8.46. The molecule has 12 heteroatoms. The normalized spacial score (nSPS) is 23.8. The molecule has 0 radical (unpaired) electrons. The SMILES string of the molecule is O=C(O)CC(=O)OCC1O[C@@H](Oc2ccc3c(=O)c(-c4ccc(O)cc4)coc3c2)C(O)CC(O)[C@@H]1O. The van der Waals surface area contributed by atoms with E-state index in [2.05, 4.69) is 0 Å². The Balaban J connectivity index is 1.53. The third kappa shape index (κ3) is 6.06. The molecular weight excluding hydrogens is 492 g/mol. The first-order valence-electron chi connectivity index (χ1n) is 11.2. The smallest absolute Gasteiger partial charge is 0.317 e. The highest BCUT2D eigenvalue weighted by atomic mass is 16.7. The van der Waals surface area contributed by atoms with Crippen LogP contribution in [0.25, 0.3) is 22.1 Å². The van der Waals surface area contributed by atoms with Gasteiger partial charge in [0.05, 0.1) is 17.1 Å². The number of aliphatic hydroxyl groups is 3. The third-order valence-corrected chi connectivity index (χ3v) is 5.76. The maximum atomic E-state index is 13.0. The number of hydrogen-bond donors (Lipinski definition) is 5. The summed E-state index contributed by atoms with van der Waals surface area (Å²) in [6.07, 6.45) is -7.12. The van der Waals surface area contributed by atoms with Crippen molar-refractivity contribution in [1.82, 2.24) is 0 Å². The van der Waals surface area contributed by atoms with E-state index in [1.54, 1.807) is 12.1 Å². The molecule has 0 aliphatic carbocycles. The van der Waals surface area contributed by atoms with Crippen LogP contribution in [0.5, 0.6) is 11.5 Å². The number of aliphatic hydroxyl groups excluding tert-OH is 3. The molecule has 2 heterocycles. The molecule has 0 spiro atoms. The first kappa shape index (κ1) is 26.1. The molecular formula is C25H24O12. The van der Waals surface area contributed by atoms with Gasteiger partial charge in [-0.15, -0.1) is 0 Å². The van der Waals surface area contributed by atoms with Gasteiger partial charge >= 0.3 is 11.9 Å². The van der Waals surface area contributed by atoms with Crippen molar-refractivity contribution < 1.29 is 53.7 Å². The number of benzene rings is 2. The minimum absolute atomic E-state index is 0.0549. The Kier molecular flexibility index (Phi) is 7.74. The summed E-state index contributed by atoms with van der Waals surface area (Å²) in [5, 5.41) is 49.3. The van der Waals surface area contributed by atoms with Gasteiger partial charge in [0, 0.05) is 12.5 Å². The number of fused-ring (bicyclic) bond motifs is 1. The summed E-state index contributed by atoms with van der Waals surface area (Å²) in [7, 11) is 0. The van der Waals surface area contributed by atoms with Gasteiger partial charge < -0.3 is 44.2 Å². The Bertz CT molecular complexity index is 1330. The average Bonchev–Trinajstić information content (AvgIpc) is 2.94. The van der Waals surface area contributed by atoms with Gasteiger partial charge in [0.15, 0.2) is 5.43 Å². The van der Waals surface area contributed by atoms with Crippen molar-refractivity contribution in [2.75, 3.05) is 6.61 Å². The number of esters is 1. The lowest BCUT2D eigenvalue weighted by atomic mass is 10.0. The predicted molar refractivity (Wildman–Crippen MR) is 125 cm³/mol. The van der Waals surface area contributed by atoms with E-state index in [4.69, 9.17) is 23.7 Å². The first-order chi connectivity index (χ1) is 17.6. The standard InChI is InChI=1S/C25H24O12/c26-13-3-1-12(2-4-13)16-10-34-19-7-14(5-6-15(19)23(16)32)36-25-18(28)8-17(27)24(33)20(37-25)11-35-22(31)9-21(29)30/h1-7,10,17-18,20,24-28,33H,8-9,11H2,(H,29,30)/t17?,18?,20?,24-,25+/m0/s1. The lowest BCUT2D eigenvalue weighted by molar-refractivity contribution is -0.195. The zero-order valence-electron chi connectivity index (χ0n) is 19.2. The number of phenolic OH excluding ortho intramolecular Hbond substituents is 1. The van der Waals surface area contributed by atoms with Gasteiger partial charge in [-0.25, -0.2) is 0 Å². The Morgan fingerprint density at radius 2 is 1.76 bits per heavy atom. The first-order valence-corrected chi connectivity index (χ1v) is 11.2. The zero-order valence-corrected chi connectivity index (χ0v) is 19.2. The Morgan fingerprint density at radius 3 is 2.46 bits per heavy atom. The maximum Gasteiger partial charge on any atom is 0.317 e. The van der Waals surface area contributed by atoms with Crippen LogP contribution in [-0.4, -0.2) is 74.8 Å². The zero-order chi connectivity index (χ0) is 26.7. The maximum absolute atomic E-state index is 13.0. The van der Waals surface area contributed by atoms with Crippen LogP contribution in [0.15, 0.2) is 57.9 Å². The van der Waals surface area contributed by atoms with Crippen molar-refractivity contribution in [1.29, 1.82) is 0 Å². The van der Waals surface area contributed by atoms with Crippen molar-refractivity contribution in [3.8, 4) is 22.6 Å². The molecule has 0 amide bonds. The summed E-state index contributed by atoms with van der Waals surface area (Å²) in [5.41, 5.74) is 0.689. The number of carbonyl (C=O) groups is 2. The van der Waals surface area contributed by atoms with Crippen LogP contribution in [0.2, 0.25) is 0 Å². The number of carboxylic acid groups (broad SMARTS) is 1. The Labute approximate surface area is 208 Å². The van der Waals surface area contributed by atoms with E-state index in [1.165, 1.54) is 36.6 Å². The van der Waals surface area contributed by atoms with E-state index < -0.39 is 55.7 Å². The molecule has 1 fully saturated rings. The molecule has 196 valence electrons. The molecule has 12 nitrogen and oxygen atoms in total. The topological polar surface area (TPSA) is 193 Å². The fraction of sp³-hybridized carbons (Fsp3) is 0.320.